The van der Waals surface area contributed by atoms with Gasteiger partial charge in [-0.05, 0) is 37.5 Å². The Hall–Kier alpha value is -0.570. The van der Waals surface area contributed by atoms with Crippen molar-refractivity contribution < 1.29 is 9.53 Å². The molecule has 0 spiro atoms. The highest BCUT2D eigenvalue weighted by atomic mass is 16.5. The van der Waals surface area contributed by atoms with Gasteiger partial charge in [0.15, 0.2) is 0 Å². The number of rotatable bonds is 4. The van der Waals surface area contributed by atoms with E-state index in [2.05, 4.69) is 0 Å². The molecule has 2 saturated carbocycles. The first-order chi connectivity index (χ1) is 7.27. The summed E-state index contributed by atoms with van der Waals surface area (Å²) in [7, 11) is 0. The Morgan fingerprint density at radius 3 is 2.47 bits per heavy atom. The smallest absolute Gasteiger partial charge is 0.323 e. The van der Waals surface area contributed by atoms with Crippen molar-refractivity contribution in [2.75, 3.05) is 6.61 Å². The highest BCUT2D eigenvalue weighted by Gasteiger charge is 2.34. The van der Waals surface area contributed by atoms with Crippen LogP contribution < -0.4 is 5.73 Å². The lowest BCUT2D eigenvalue weighted by Gasteiger charge is -2.21. The summed E-state index contributed by atoms with van der Waals surface area (Å²) in [6.45, 7) is 0.596. The number of esters is 1. The fourth-order valence-corrected chi connectivity index (χ4v) is 2.30. The van der Waals surface area contributed by atoms with E-state index in [1.165, 1.54) is 32.1 Å². The third kappa shape index (κ3) is 3.20. The minimum absolute atomic E-state index is 0.178. The van der Waals surface area contributed by atoms with Crippen molar-refractivity contribution in [3.63, 3.8) is 0 Å². The molecule has 2 fully saturated rings. The van der Waals surface area contributed by atoms with Crippen LogP contribution in [0.25, 0.3) is 0 Å². The Morgan fingerprint density at radius 1 is 1.20 bits per heavy atom. The summed E-state index contributed by atoms with van der Waals surface area (Å²) in [5, 5.41) is 0. The second kappa shape index (κ2) is 4.97. The molecule has 2 N–H and O–H groups in total. The van der Waals surface area contributed by atoms with Crippen molar-refractivity contribution in [2.24, 2.45) is 17.6 Å². The summed E-state index contributed by atoms with van der Waals surface area (Å²) in [5.74, 6) is 0.820. The second-order valence-corrected chi connectivity index (χ2v) is 5.00. The Morgan fingerprint density at radius 2 is 1.87 bits per heavy atom. The van der Waals surface area contributed by atoms with Crippen LogP contribution in [-0.4, -0.2) is 18.6 Å². The van der Waals surface area contributed by atoms with Crippen LogP contribution in [0.2, 0.25) is 0 Å². The fourth-order valence-electron chi connectivity index (χ4n) is 2.30. The summed E-state index contributed by atoms with van der Waals surface area (Å²) in [6.07, 6.45) is 8.54. The monoisotopic (exact) mass is 211 g/mol. The van der Waals surface area contributed by atoms with Crippen molar-refractivity contribution >= 4 is 5.97 Å². The zero-order chi connectivity index (χ0) is 10.7. The first-order valence-corrected chi connectivity index (χ1v) is 6.19. The number of hydrogen-bond donors (Lipinski definition) is 1. The largest absolute Gasteiger partial charge is 0.464 e. The molecule has 86 valence electrons. The summed E-state index contributed by atoms with van der Waals surface area (Å²) < 4.78 is 5.28. The van der Waals surface area contributed by atoms with Crippen LogP contribution in [0.3, 0.4) is 0 Å². The number of carbonyl (C=O) groups excluding carboxylic acids is 1. The van der Waals surface area contributed by atoms with E-state index in [0.717, 1.165) is 12.8 Å². The molecule has 1 atom stereocenters. The Kier molecular flexibility index (Phi) is 3.62. The van der Waals surface area contributed by atoms with Crippen LogP contribution >= 0.6 is 0 Å². The standard InChI is InChI=1S/C12H21NO2/c13-11(10-6-7-10)12(14)15-8-9-4-2-1-3-5-9/h9-11H,1-8,13H2. The molecule has 0 aromatic rings. The quantitative estimate of drug-likeness (QED) is 0.722. The zero-order valence-electron chi connectivity index (χ0n) is 9.28. The van der Waals surface area contributed by atoms with Crippen LogP contribution in [0.4, 0.5) is 0 Å². The van der Waals surface area contributed by atoms with Crippen molar-refractivity contribution in [2.45, 2.75) is 51.0 Å². The average molecular weight is 211 g/mol. The van der Waals surface area contributed by atoms with Crippen LogP contribution in [0.5, 0.6) is 0 Å². The van der Waals surface area contributed by atoms with Gasteiger partial charge in [-0.25, -0.2) is 0 Å². The summed E-state index contributed by atoms with van der Waals surface area (Å²) in [6, 6.07) is -0.353. The van der Waals surface area contributed by atoms with Gasteiger partial charge in [-0.2, -0.15) is 0 Å². The van der Waals surface area contributed by atoms with Crippen molar-refractivity contribution in [1.29, 1.82) is 0 Å². The molecule has 2 rings (SSSR count). The molecule has 2 aliphatic rings. The van der Waals surface area contributed by atoms with Gasteiger partial charge in [0.05, 0.1) is 6.61 Å². The van der Waals surface area contributed by atoms with Crippen LogP contribution in [0, 0.1) is 11.8 Å². The number of carbonyl (C=O) groups is 1. The molecule has 0 aromatic heterocycles. The zero-order valence-corrected chi connectivity index (χ0v) is 9.28. The molecule has 0 saturated heterocycles. The topological polar surface area (TPSA) is 52.3 Å². The Labute approximate surface area is 91.4 Å². The van der Waals surface area contributed by atoms with Crippen LogP contribution in [0.1, 0.15) is 44.9 Å². The van der Waals surface area contributed by atoms with E-state index in [-0.39, 0.29) is 12.0 Å². The first-order valence-electron chi connectivity index (χ1n) is 6.19. The lowest BCUT2D eigenvalue weighted by molar-refractivity contribution is -0.147. The van der Waals surface area contributed by atoms with E-state index in [1.54, 1.807) is 0 Å². The van der Waals surface area contributed by atoms with E-state index in [1.807, 2.05) is 0 Å². The van der Waals surface area contributed by atoms with E-state index in [0.29, 0.717) is 18.4 Å². The van der Waals surface area contributed by atoms with Gasteiger partial charge in [-0.3, -0.25) is 4.79 Å². The first kappa shape index (κ1) is 10.9. The van der Waals surface area contributed by atoms with Gasteiger partial charge in [0.25, 0.3) is 0 Å². The third-order valence-electron chi connectivity index (χ3n) is 3.59. The molecule has 2 aliphatic carbocycles. The minimum Gasteiger partial charge on any atom is -0.464 e. The van der Waals surface area contributed by atoms with Gasteiger partial charge in [0, 0.05) is 0 Å². The number of hydrogen-bond acceptors (Lipinski definition) is 3. The van der Waals surface area contributed by atoms with E-state index in [4.69, 9.17) is 10.5 Å². The van der Waals surface area contributed by atoms with Crippen LogP contribution in [-0.2, 0) is 9.53 Å². The SMILES string of the molecule is NC(C(=O)OCC1CCCCC1)C1CC1. The molecule has 0 bridgehead atoms. The maximum Gasteiger partial charge on any atom is 0.323 e. The second-order valence-electron chi connectivity index (χ2n) is 5.00. The average Bonchev–Trinajstić information content (AvgIpc) is 3.10. The van der Waals surface area contributed by atoms with Crippen molar-refractivity contribution in [3.8, 4) is 0 Å². The van der Waals surface area contributed by atoms with E-state index in [9.17, 15) is 4.79 Å². The van der Waals surface area contributed by atoms with Gasteiger partial charge in [0.1, 0.15) is 6.04 Å². The van der Waals surface area contributed by atoms with Crippen LogP contribution in [0.15, 0.2) is 0 Å². The Bertz CT molecular complexity index is 220. The Balaban J connectivity index is 1.65. The normalized spacial score (nSPS) is 24.9. The molecule has 3 nitrogen and oxygen atoms in total. The van der Waals surface area contributed by atoms with Gasteiger partial charge >= 0.3 is 5.97 Å². The van der Waals surface area contributed by atoms with Crippen molar-refractivity contribution in [3.05, 3.63) is 0 Å². The fraction of sp³-hybridized carbons (Fsp3) is 0.917. The van der Waals surface area contributed by atoms with Gasteiger partial charge in [-0.15, -0.1) is 0 Å². The molecule has 1 unspecified atom stereocenters. The lowest BCUT2D eigenvalue weighted by atomic mass is 9.90. The molecular weight excluding hydrogens is 190 g/mol. The highest BCUT2D eigenvalue weighted by molar-refractivity contribution is 5.76. The third-order valence-corrected chi connectivity index (χ3v) is 3.59. The maximum atomic E-state index is 11.5. The van der Waals surface area contributed by atoms with Gasteiger partial charge in [-0.1, -0.05) is 19.3 Å². The molecule has 0 amide bonds. The van der Waals surface area contributed by atoms with E-state index < -0.39 is 0 Å². The highest BCUT2D eigenvalue weighted by Crippen LogP contribution is 2.32. The van der Waals surface area contributed by atoms with Gasteiger partial charge in [0.2, 0.25) is 0 Å². The van der Waals surface area contributed by atoms with E-state index >= 15 is 0 Å². The molecular formula is C12H21NO2. The summed E-state index contributed by atoms with van der Waals surface area (Å²) >= 11 is 0. The van der Waals surface area contributed by atoms with Gasteiger partial charge < -0.3 is 10.5 Å². The summed E-state index contributed by atoms with van der Waals surface area (Å²) in [4.78, 5) is 11.5. The number of ether oxygens (including phenoxy) is 1. The summed E-state index contributed by atoms with van der Waals surface area (Å²) in [5.41, 5.74) is 5.76. The molecule has 15 heavy (non-hydrogen) atoms. The minimum atomic E-state index is -0.353. The predicted octanol–water partition coefficient (Wildman–Crippen LogP) is 1.85. The molecule has 0 aliphatic heterocycles. The number of nitrogens with two attached hydrogens (primary N) is 1. The molecule has 3 heteroatoms. The predicted molar refractivity (Wildman–Crippen MR) is 58.2 cm³/mol. The maximum absolute atomic E-state index is 11.5. The molecule has 0 radical (unpaired) electrons. The molecule has 0 heterocycles. The van der Waals surface area contributed by atoms with Crippen molar-refractivity contribution in [1.82, 2.24) is 0 Å². The molecule has 0 aromatic carbocycles. The lowest BCUT2D eigenvalue weighted by Crippen LogP contribution is -2.35.